The van der Waals surface area contributed by atoms with Gasteiger partial charge in [-0.3, -0.25) is 4.68 Å². The van der Waals surface area contributed by atoms with E-state index in [1.54, 1.807) is 30.7 Å². The molecule has 6 nitrogen and oxygen atoms in total. The number of benzene rings is 1. The molecule has 0 unspecified atom stereocenters. The van der Waals surface area contributed by atoms with E-state index in [0.717, 1.165) is 5.56 Å². The van der Waals surface area contributed by atoms with Gasteiger partial charge in [-0.25, -0.2) is 12.8 Å². The van der Waals surface area contributed by atoms with Crippen LogP contribution in [0.25, 0.3) is 0 Å². The van der Waals surface area contributed by atoms with Crippen LogP contribution in [0.3, 0.4) is 0 Å². The van der Waals surface area contributed by atoms with Gasteiger partial charge in [-0.05, 0) is 31.5 Å². The van der Waals surface area contributed by atoms with Gasteiger partial charge in [0.25, 0.3) is 0 Å². The summed E-state index contributed by atoms with van der Waals surface area (Å²) < 4.78 is 47.1. The van der Waals surface area contributed by atoms with E-state index in [1.807, 2.05) is 0 Å². The number of hydrogen-bond acceptors (Lipinski definition) is 4. The summed E-state index contributed by atoms with van der Waals surface area (Å²) in [5, 5.41) is 4.37. The van der Waals surface area contributed by atoms with Crippen LogP contribution in [0.15, 0.2) is 29.2 Å². The highest BCUT2D eigenvalue weighted by atomic mass is 32.2. The van der Waals surface area contributed by atoms with Gasteiger partial charge >= 0.3 is 0 Å². The quantitative estimate of drug-likeness (QED) is 0.839. The van der Waals surface area contributed by atoms with E-state index in [4.69, 9.17) is 4.74 Å². The van der Waals surface area contributed by atoms with Crippen LogP contribution in [-0.2, 0) is 21.3 Å². The zero-order valence-electron chi connectivity index (χ0n) is 13.7. The summed E-state index contributed by atoms with van der Waals surface area (Å²) in [5.74, 6) is -0.303. The lowest BCUT2D eigenvalue weighted by Crippen LogP contribution is -2.41. The first-order chi connectivity index (χ1) is 11.4. The number of hydrogen-bond donors (Lipinski definition) is 0. The number of nitrogens with zero attached hydrogens (tertiary/aromatic N) is 3. The van der Waals surface area contributed by atoms with Gasteiger partial charge in [0.1, 0.15) is 10.7 Å². The summed E-state index contributed by atoms with van der Waals surface area (Å²) in [6.45, 7) is 5.35. The second-order valence-corrected chi connectivity index (χ2v) is 7.68. The number of rotatable bonds is 4. The first-order valence-electron chi connectivity index (χ1n) is 7.76. The molecule has 1 aromatic heterocycles. The van der Waals surface area contributed by atoms with E-state index in [0.29, 0.717) is 44.2 Å². The molecule has 1 saturated heterocycles. The van der Waals surface area contributed by atoms with Gasteiger partial charge in [0.05, 0.1) is 31.1 Å². The minimum Gasteiger partial charge on any atom is -0.379 e. The summed E-state index contributed by atoms with van der Waals surface area (Å²) in [6.07, 6.45) is 0. The van der Waals surface area contributed by atoms with Crippen molar-refractivity contribution in [1.29, 1.82) is 0 Å². The molecule has 0 spiro atoms. The fourth-order valence-electron chi connectivity index (χ4n) is 2.89. The van der Waals surface area contributed by atoms with Crippen LogP contribution in [0.4, 0.5) is 4.39 Å². The molecule has 8 heteroatoms. The Morgan fingerprint density at radius 3 is 2.42 bits per heavy atom. The van der Waals surface area contributed by atoms with Gasteiger partial charge in [-0.15, -0.1) is 0 Å². The molecule has 1 aromatic carbocycles. The highest BCUT2D eigenvalue weighted by Gasteiger charge is 2.31. The molecule has 24 heavy (non-hydrogen) atoms. The number of halogens is 1. The summed E-state index contributed by atoms with van der Waals surface area (Å²) in [4.78, 5) is 0.256. The van der Waals surface area contributed by atoms with E-state index in [-0.39, 0.29) is 10.7 Å². The summed E-state index contributed by atoms with van der Waals surface area (Å²) in [6, 6.07) is 6.10. The zero-order chi connectivity index (χ0) is 17.3. The minimum atomic E-state index is -3.59. The highest BCUT2D eigenvalue weighted by molar-refractivity contribution is 7.89. The maximum Gasteiger partial charge on any atom is 0.246 e. The smallest absolute Gasteiger partial charge is 0.246 e. The molecule has 0 saturated carbocycles. The van der Waals surface area contributed by atoms with Gasteiger partial charge in [-0.2, -0.15) is 9.40 Å². The second-order valence-electron chi connectivity index (χ2n) is 5.80. The number of morpholine rings is 1. The van der Waals surface area contributed by atoms with Crippen LogP contribution in [-0.4, -0.2) is 48.8 Å². The van der Waals surface area contributed by atoms with Crippen molar-refractivity contribution < 1.29 is 17.5 Å². The molecule has 1 aliphatic rings. The third-order valence-corrected chi connectivity index (χ3v) is 6.28. The monoisotopic (exact) mass is 353 g/mol. The molecule has 0 N–H and O–H groups in total. The molecule has 0 radical (unpaired) electrons. The molecule has 0 atom stereocenters. The van der Waals surface area contributed by atoms with E-state index >= 15 is 0 Å². The number of aryl methyl sites for hydroxylation is 1. The predicted molar refractivity (Wildman–Crippen MR) is 86.8 cm³/mol. The molecule has 3 rings (SSSR count). The lowest BCUT2D eigenvalue weighted by atomic mass is 10.2. The fraction of sp³-hybridized carbons (Fsp3) is 0.438. The van der Waals surface area contributed by atoms with Crippen LogP contribution in [0.2, 0.25) is 0 Å². The predicted octanol–water partition coefficient (Wildman–Crippen LogP) is 1.71. The lowest BCUT2D eigenvalue weighted by Gasteiger charge is -2.26. The Bertz CT molecular complexity index is 825. The molecular formula is C16H20FN3O3S. The Balaban J connectivity index is 1.92. The van der Waals surface area contributed by atoms with Gasteiger partial charge in [0.2, 0.25) is 10.0 Å². The summed E-state index contributed by atoms with van der Waals surface area (Å²) >= 11 is 0. The van der Waals surface area contributed by atoms with Crippen molar-refractivity contribution in [2.24, 2.45) is 0 Å². The molecule has 2 aromatic rings. The van der Waals surface area contributed by atoms with Crippen molar-refractivity contribution >= 4 is 10.0 Å². The van der Waals surface area contributed by atoms with Crippen LogP contribution in [0.5, 0.6) is 0 Å². The highest BCUT2D eigenvalue weighted by Crippen LogP contribution is 2.24. The van der Waals surface area contributed by atoms with E-state index < -0.39 is 10.0 Å². The van der Waals surface area contributed by atoms with E-state index in [1.165, 1.54) is 16.4 Å². The fourth-order valence-corrected chi connectivity index (χ4v) is 4.67. The van der Waals surface area contributed by atoms with Crippen LogP contribution >= 0.6 is 0 Å². The number of ether oxygens (including phenoxy) is 1. The lowest BCUT2D eigenvalue weighted by molar-refractivity contribution is 0.0730. The molecule has 2 heterocycles. The van der Waals surface area contributed by atoms with Gasteiger partial charge in [-0.1, -0.05) is 12.1 Å². The Kier molecular flexibility index (Phi) is 4.71. The standard InChI is InChI=1S/C16H20FN3O3S/c1-12-16(24(21,22)19-7-9-23-10-8-19)13(2)20(18-12)11-14-3-5-15(17)6-4-14/h3-6H,7-11H2,1-2H3. The van der Waals surface area contributed by atoms with Crippen molar-refractivity contribution in [1.82, 2.24) is 14.1 Å². The Labute approximate surface area is 140 Å². The maximum absolute atomic E-state index is 13.0. The molecule has 1 fully saturated rings. The summed E-state index contributed by atoms with van der Waals surface area (Å²) in [5.41, 5.74) is 1.92. The van der Waals surface area contributed by atoms with E-state index in [9.17, 15) is 12.8 Å². The first-order valence-corrected chi connectivity index (χ1v) is 9.20. The maximum atomic E-state index is 13.0. The average Bonchev–Trinajstić information content (AvgIpc) is 2.85. The molecular weight excluding hydrogens is 333 g/mol. The Morgan fingerprint density at radius 2 is 1.79 bits per heavy atom. The van der Waals surface area contributed by atoms with Gasteiger partial charge in [0.15, 0.2) is 0 Å². The van der Waals surface area contributed by atoms with Crippen LogP contribution < -0.4 is 0 Å². The van der Waals surface area contributed by atoms with Crippen molar-refractivity contribution in [2.45, 2.75) is 25.3 Å². The molecule has 130 valence electrons. The van der Waals surface area contributed by atoms with Crippen molar-refractivity contribution in [3.63, 3.8) is 0 Å². The Hall–Kier alpha value is -1.77. The molecule has 1 aliphatic heterocycles. The van der Waals surface area contributed by atoms with Gasteiger partial charge < -0.3 is 4.74 Å². The second kappa shape index (κ2) is 6.62. The zero-order valence-corrected chi connectivity index (χ0v) is 14.5. The summed E-state index contributed by atoms with van der Waals surface area (Å²) in [7, 11) is -3.59. The third kappa shape index (κ3) is 3.22. The van der Waals surface area contributed by atoms with Crippen molar-refractivity contribution in [3.05, 3.63) is 47.0 Å². The van der Waals surface area contributed by atoms with Crippen LogP contribution in [0, 0.1) is 19.7 Å². The molecule has 0 bridgehead atoms. The van der Waals surface area contributed by atoms with Crippen molar-refractivity contribution in [2.75, 3.05) is 26.3 Å². The first kappa shape index (κ1) is 17.1. The number of aromatic nitrogens is 2. The normalized spacial score (nSPS) is 16.5. The van der Waals surface area contributed by atoms with Crippen molar-refractivity contribution in [3.8, 4) is 0 Å². The van der Waals surface area contributed by atoms with Crippen LogP contribution in [0.1, 0.15) is 17.0 Å². The number of sulfonamides is 1. The molecule has 0 aliphatic carbocycles. The van der Waals surface area contributed by atoms with Gasteiger partial charge in [0, 0.05) is 13.1 Å². The molecule has 0 amide bonds. The topological polar surface area (TPSA) is 64.4 Å². The largest absolute Gasteiger partial charge is 0.379 e. The average molecular weight is 353 g/mol. The Morgan fingerprint density at radius 1 is 1.17 bits per heavy atom. The minimum absolute atomic E-state index is 0.256. The third-order valence-electron chi connectivity index (χ3n) is 4.13. The van der Waals surface area contributed by atoms with E-state index in [2.05, 4.69) is 5.10 Å². The SMILES string of the molecule is Cc1nn(Cc2ccc(F)cc2)c(C)c1S(=O)(=O)N1CCOCC1.